The van der Waals surface area contributed by atoms with Crippen LogP contribution in [-0.2, 0) is 9.59 Å². The first-order valence-electron chi connectivity index (χ1n) is 7.42. The number of amides is 1. The van der Waals surface area contributed by atoms with Gasteiger partial charge in [0.25, 0.3) is 0 Å². The molecule has 2 N–H and O–H groups in total. The first kappa shape index (κ1) is 13.9. The first-order valence-corrected chi connectivity index (χ1v) is 7.42. The van der Waals surface area contributed by atoms with Gasteiger partial charge >= 0.3 is 5.97 Å². The summed E-state index contributed by atoms with van der Waals surface area (Å²) in [4.78, 5) is 25.7. The Morgan fingerprint density at radius 2 is 2.05 bits per heavy atom. The highest BCUT2D eigenvalue weighted by molar-refractivity contribution is 5.87. The molecule has 2 aliphatic rings. The van der Waals surface area contributed by atoms with E-state index >= 15 is 0 Å². The average molecular weight is 288 g/mol. The average Bonchev–Trinajstić information content (AvgIpc) is 2.88. The minimum atomic E-state index is -0.802. The van der Waals surface area contributed by atoms with Gasteiger partial charge in [-0.25, -0.2) is 0 Å². The van der Waals surface area contributed by atoms with Crippen molar-refractivity contribution in [3.63, 3.8) is 0 Å². The molecule has 1 amide bonds. The van der Waals surface area contributed by atoms with Gasteiger partial charge in [0.1, 0.15) is 0 Å². The van der Waals surface area contributed by atoms with Gasteiger partial charge in [0, 0.05) is 25.3 Å². The zero-order valence-corrected chi connectivity index (χ0v) is 12.1. The normalized spacial score (nSPS) is 27.9. The summed E-state index contributed by atoms with van der Waals surface area (Å²) in [7, 11) is 0. The van der Waals surface area contributed by atoms with Crippen LogP contribution in [0.3, 0.4) is 0 Å². The van der Waals surface area contributed by atoms with E-state index in [1.807, 2.05) is 31.2 Å². The van der Waals surface area contributed by atoms with Gasteiger partial charge in [-0.1, -0.05) is 25.1 Å². The molecule has 21 heavy (non-hydrogen) atoms. The standard InChI is InChI=1S/C16H20N2O3/c1-10-8-18(9-13(10)16(20)21)15(19)12-6-7-17-14-5-3-2-4-11(12)14/h2-5,10,12-13,17H,6-9H2,1H3,(H,20,21). The third-order valence-electron chi connectivity index (χ3n) is 4.62. The Kier molecular flexibility index (Phi) is 3.57. The van der Waals surface area contributed by atoms with Gasteiger partial charge in [-0.15, -0.1) is 0 Å². The number of nitrogens with one attached hydrogen (secondary N) is 1. The number of aliphatic carboxylic acids is 1. The van der Waals surface area contributed by atoms with Gasteiger partial charge in [-0.2, -0.15) is 0 Å². The fourth-order valence-corrected chi connectivity index (χ4v) is 3.41. The lowest BCUT2D eigenvalue weighted by molar-refractivity contribution is -0.142. The predicted octanol–water partition coefficient (Wildman–Crippen LogP) is 1.76. The van der Waals surface area contributed by atoms with E-state index in [9.17, 15) is 14.7 Å². The Labute approximate surface area is 123 Å². The lowest BCUT2D eigenvalue weighted by atomic mass is 9.90. The van der Waals surface area contributed by atoms with E-state index < -0.39 is 11.9 Å². The molecule has 0 radical (unpaired) electrons. The van der Waals surface area contributed by atoms with Crippen molar-refractivity contribution in [3.8, 4) is 0 Å². The smallest absolute Gasteiger partial charge is 0.308 e. The molecule has 112 valence electrons. The molecule has 3 atom stereocenters. The number of rotatable bonds is 2. The minimum absolute atomic E-state index is 0.0170. The number of fused-ring (bicyclic) bond motifs is 1. The second-order valence-electron chi connectivity index (χ2n) is 6.02. The van der Waals surface area contributed by atoms with Crippen molar-refractivity contribution in [2.75, 3.05) is 25.0 Å². The third kappa shape index (κ3) is 2.48. The van der Waals surface area contributed by atoms with Crippen LogP contribution in [0.4, 0.5) is 5.69 Å². The number of hydrogen-bond acceptors (Lipinski definition) is 3. The van der Waals surface area contributed by atoms with Crippen LogP contribution in [-0.4, -0.2) is 41.5 Å². The van der Waals surface area contributed by atoms with Crippen LogP contribution in [0.5, 0.6) is 0 Å². The Hall–Kier alpha value is -2.04. The Balaban J connectivity index is 1.80. The van der Waals surface area contributed by atoms with Gasteiger partial charge in [0.2, 0.25) is 5.91 Å². The monoisotopic (exact) mass is 288 g/mol. The molecule has 0 aromatic heterocycles. The molecule has 0 bridgehead atoms. The number of benzene rings is 1. The van der Waals surface area contributed by atoms with Crippen LogP contribution in [0.2, 0.25) is 0 Å². The van der Waals surface area contributed by atoms with E-state index in [2.05, 4.69) is 5.32 Å². The predicted molar refractivity (Wildman–Crippen MR) is 79.2 cm³/mol. The van der Waals surface area contributed by atoms with Crippen molar-refractivity contribution in [1.82, 2.24) is 4.90 Å². The molecular formula is C16H20N2O3. The number of carboxylic acid groups (broad SMARTS) is 1. The highest BCUT2D eigenvalue weighted by Gasteiger charge is 2.39. The van der Waals surface area contributed by atoms with E-state index in [0.717, 1.165) is 24.2 Å². The van der Waals surface area contributed by atoms with Crippen LogP contribution < -0.4 is 5.32 Å². The van der Waals surface area contributed by atoms with Crippen molar-refractivity contribution in [1.29, 1.82) is 0 Å². The highest BCUT2D eigenvalue weighted by atomic mass is 16.4. The second-order valence-corrected chi connectivity index (χ2v) is 6.02. The number of para-hydroxylation sites is 1. The maximum Gasteiger partial charge on any atom is 0.308 e. The molecule has 2 aliphatic heterocycles. The number of anilines is 1. The Morgan fingerprint density at radius 3 is 2.76 bits per heavy atom. The quantitative estimate of drug-likeness (QED) is 0.870. The molecule has 3 unspecified atom stereocenters. The summed E-state index contributed by atoms with van der Waals surface area (Å²) in [6, 6.07) is 7.87. The summed E-state index contributed by atoms with van der Waals surface area (Å²) in [6.45, 7) is 3.56. The highest BCUT2D eigenvalue weighted by Crippen LogP contribution is 2.34. The molecule has 5 nitrogen and oxygen atoms in total. The molecule has 1 aromatic rings. The maximum atomic E-state index is 12.8. The number of nitrogens with zero attached hydrogens (tertiary/aromatic N) is 1. The summed E-state index contributed by atoms with van der Waals surface area (Å²) in [5.41, 5.74) is 2.05. The third-order valence-corrected chi connectivity index (χ3v) is 4.62. The van der Waals surface area contributed by atoms with Gasteiger partial charge in [-0.3, -0.25) is 9.59 Å². The molecule has 0 spiro atoms. The van der Waals surface area contributed by atoms with Crippen LogP contribution in [0.1, 0.15) is 24.8 Å². The van der Waals surface area contributed by atoms with E-state index in [1.54, 1.807) is 4.90 Å². The summed E-state index contributed by atoms with van der Waals surface area (Å²) in [6.07, 6.45) is 0.762. The van der Waals surface area contributed by atoms with E-state index in [4.69, 9.17) is 0 Å². The first-order chi connectivity index (χ1) is 10.1. The molecule has 1 fully saturated rings. The lowest BCUT2D eigenvalue weighted by Crippen LogP contribution is -2.36. The van der Waals surface area contributed by atoms with Crippen molar-refractivity contribution in [3.05, 3.63) is 29.8 Å². The second kappa shape index (κ2) is 5.39. The molecule has 1 aromatic carbocycles. The topological polar surface area (TPSA) is 69.6 Å². The van der Waals surface area contributed by atoms with Crippen LogP contribution in [0, 0.1) is 11.8 Å². The Bertz CT molecular complexity index is 572. The number of carboxylic acids is 1. The molecule has 0 aliphatic carbocycles. The Morgan fingerprint density at radius 1 is 1.29 bits per heavy atom. The van der Waals surface area contributed by atoms with Crippen LogP contribution in [0.25, 0.3) is 0 Å². The summed E-state index contributed by atoms with van der Waals surface area (Å²) in [5, 5.41) is 12.5. The van der Waals surface area contributed by atoms with E-state index in [-0.39, 0.29) is 17.7 Å². The number of likely N-dealkylation sites (tertiary alicyclic amines) is 1. The molecule has 5 heteroatoms. The van der Waals surface area contributed by atoms with Crippen molar-refractivity contribution < 1.29 is 14.7 Å². The molecule has 0 saturated carbocycles. The fraction of sp³-hybridized carbons (Fsp3) is 0.500. The lowest BCUT2D eigenvalue weighted by Gasteiger charge is -2.29. The SMILES string of the molecule is CC1CN(C(=O)C2CCNc3ccccc32)CC1C(=O)O. The van der Waals surface area contributed by atoms with Crippen LogP contribution >= 0.6 is 0 Å². The van der Waals surface area contributed by atoms with Gasteiger partial charge < -0.3 is 15.3 Å². The number of carbonyl (C=O) groups is 2. The number of carbonyl (C=O) groups excluding carboxylic acids is 1. The van der Waals surface area contributed by atoms with Gasteiger partial charge in [0.05, 0.1) is 11.8 Å². The van der Waals surface area contributed by atoms with Gasteiger partial charge in [0.15, 0.2) is 0 Å². The zero-order chi connectivity index (χ0) is 15.0. The molecular weight excluding hydrogens is 268 g/mol. The minimum Gasteiger partial charge on any atom is -0.481 e. The van der Waals surface area contributed by atoms with E-state index in [1.165, 1.54) is 0 Å². The zero-order valence-electron chi connectivity index (χ0n) is 12.1. The van der Waals surface area contributed by atoms with E-state index in [0.29, 0.717) is 13.1 Å². The molecule has 3 rings (SSSR count). The summed E-state index contributed by atoms with van der Waals surface area (Å²) in [5.74, 6) is -1.31. The van der Waals surface area contributed by atoms with Crippen molar-refractivity contribution >= 4 is 17.6 Å². The maximum absolute atomic E-state index is 12.8. The van der Waals surface area contributed by atoms with Crippen molar-refractivity contribution in [2.45, 2.75) is 19.3 Å². The summed E-state index contributed by atoms with van der Waals surface area (Å²) < 4.78 is 0. The fourth-order valence-electron chi connectivity index (χ4n) is 3.41. The van der Waals surface area contributed by atoms with Gasteiger partial charge in [-0.05, 0) is 24.0 Å². The van der Waals surface area contributed by atoms with Crippen molar-refractivity contribution in [2.24, 2.45) is 11.8 Å². The molecule has 1 saturated heterocycles. The van der Waals surface area contributed by atoms with Crippen LogP contribution in [0.15, 0.2) is 24.3 Å². The summed E-state index contributed by atoms with van der Waals surface area (Å²) >= 11 is 0. The largest absolute Gasteiger partial charge is 0.481 e. The number of hydrogen-bond donors (Lipinski definition) is 2. The molecule has 2 heterocycles.